The van der Waals surface area contributed by atoms with Gasteiger partial charge in [-0.15, -0.1) is 0 Å². The average molecular weight is 234 g/mol. The molecule has 2 atom stereocenters. The van der Waals surface area contributed by atoms with E-state index >= 15 is 0 Å². The van der Waals surface area contributed by atoms with E-state index in [0.717, 1.165) is 18.5 Å². The minimum Gasteiger partial charge on any atom is -0.312 e. The summed E-state index contributed by atoms with van der Waals surface area (Å²) >= 11 is 0. The monoisotopic (exact) mass is 234 g/mol. The molecule has 94 valence electrons. The Morgan fingerprint density at radius 1 is 1.47 bits per heavy atom. The summed E-state index contributed by atoms with van der Waals surface area (Å²) in [7, 11) is 2.00. The van der Waals surface area contributed by atoms with Gasteiger partial charge in [0.05, 0.1) is 5.69 Å². The standard InChI is InChI=1S/C13H22N4/c1-10-12(6-16(2)15-10)8-17-7-11-4-3-5-14-13(11)9-17/h6,11,13-14H,3-5,7-9H2,1-2H3/t11-,13+/m0/s1. The number of rotatable bonds is 2. The quantitative estimate of drug-likeness (QED) is 0.826. The lowest BCUT2D eigenvalue weighted by Gasteiger charge is -2.24. The number of nitrogens with zero attached hydrogens (tertiary/aromatic N) is 3. The summed E-state index contributed by atoms with van der Waals surface area (Å²) in [6.07, 6.45) is 4.91. The lowest BCUT2D eigenvalue weighted by molar-refractivity contribution is 0.312. The molecule has 0 radical (unpaired) electrons. The van der Waals surface area contributed by atoms with Gasteiger partial charge in [-0.3, -0.25) is 9.58 Å². The second kappa shape index (κ2) is 4.42. The minimum atomic E-state index is 0.737. The second-order valence-electron chi connectivity index (χ2n) is 5.57. The molecular weight excluding hydrogens is 212 g/mol. The Morgan fingerprint density at radius 2 is 2.35 bits per heavy atom. The Kier molecular flexibility index (Phi) is 2.92. The molecule has 4 heteroatoms. The highest BCUT2D eigenvalue weighted by atomic mass is 15.3. The van der Waals surface area contributed by atoms with Crippen molar-refractivity contribution in [3.05, 3.63) is 17.5 Å². The molecule has 2 saturated heterocycles. The van der Waals surface area contributed by atoms with Gasteiger partial charge in [0.1, 0.15) is 0 Å². The molecule has 0 bridgehead atoms. The molecule has 2 aliphatic rings. The van der Waals surface area contributed by atoms with E-state index in [1.54, 1.807) is 0 Å². The molecule has 4 nitrogen and oxygen atoms in total. The third-order valence-electron chi connectivity index (χ3n) is 4.18. The Labute approximate surface area is 103 Å². The number of nitrogens with one attached hydrogen (secondary N) is 1. The van der Waals surface area contributed by atoms with Crippen molar-refractivity contribution in [1.29, 1.82) is 0 Å². The predicted octanol–water partition coefficient (Wildman–Crippen LogP) is 0.912. The first kappa shape index (κ1) is 11.2. The van der Waals surface area contributed by atoms with Gasteiger partial charge < -0.3 is 5.32 Å². The molecule has 0 spiro atoms. The Morgan fingerprint density at radius 3 is 3.06 bits per heavy atom. The molecule has 2 aliphatic heterocycles. The third-order valence-corrected chi connectivity index (χ3v) is 4.18. The van der Waals surface area contributed by atoms with Gasteiger partial charge in [0, 0.05) is 44.5 Å². The van der Waals surface area contributed by atoms with E-state index in [-0.39, 0.29) is 0 Å². The van der Waals surface area contributed by atoms with Crippen molar-refractivity contribution < 1.29 is 0 Å². The maximum absolute atomic E-state index is 4.42. The van der Waals surface area contributed by atoms with Gasteiger partial charge in [-0.1, -0.05) is 0 Å². The van der Waals surface area contributed by atoms with Gasteiger partial charge >= 0.3 is 0 Å². The average Bonchev–Trinajstić information content (AvgIpc) is 2.82. The van der Waals surface area contributed by atoms with Gasteiger partial charge in [-0.25, -0.2) is 0 Å². The van der Waals surface area contributed by atoms with Crippen molar-refractivity contribution in [1.82, 2.24) is 20.0 Å². The fraction of sp³-hybridized carbons (Fsp3) is 0.769. The summed E-state index contributed by atoms with van der Waals surface area (Å²) in [6, 6.07) is 0.737. The Bertz CT molecular complexity index is 384. The van der Waals surface area contributed by atoms with Crippen LogP contribution in [-0.4, -0.2) is 40.4 Å². The molecule has 1 aromatic heterocycles. The SMILES string of the molecule is Cc1nn(C)cc1CN1C[C@@H]2CCCN[C@@H]2C1. The van der Waals surface area contributed by atoms with Crippen LogP contribution in [0.4, 0.5) is 0 Å². The van der Waals surface area contributed by atoms with E-state index in [2.05, 4.69) is 28.4 Å². The molecule has 0 aromatic carbocycles. The number of likely N-dealkylation sites (tertiary alicyclic amines) is 1. The van der Waals surface area contributed by atoms with Crippen LogP contribution < -0.4 is 5.32 Å². The predicted molar refractivity (Wildman–Crippen MR) is 67.7 cm³/mol. The van der Waals surface area contributed by atoms with Crippen molar-refractivity contribution in [3.63, 3.8) is 0 Å². The van der Waals surface area contributed by atoms with Crippen LogP contribution in [0.3, 0.4) is 0 Å². The van der Waals surface area contributed by atoms with Gasteiger partial charge in [-0.05, 0) is 32.2 Å². The highest BCUT2D eigenvalue weighted by Crippen LogP contribution is 2.26. The molecule has 1 aromatic rings. The Hall–Kier alpha value is -0.870. The molecule has 17 heavy (non-hydrogen) atoms. The van der Waals surface area contributed by atoms with Crippen molar-refractivity contribution >= 4 is 0 Å². The van der Waals surface area contributed by atoms with E-state index in [1.807, 2.05) is 11.7 Å². The lowest BCUT2D eigenvalue weighted by atomic mass is 9.94. The fourth-order valence-corrected chi connectivity index (χ4v) is 3.31. The Balaban J connectivity index is 1.65. The summed E-state index contributed by atoms with van der Waals surface area (Å²) in [4.78, 5) is 2.58. The van der Waals surface area contributed by atoms with Crippen LogP contribution in [0, 0.1) is 12.8 Å². The van der Waals surface area contributed by atoms with Crippen LogP contribution in [0.2, 0.25) is 0 Å². The number of hydrogen-bond acceptors (Lipinski definition) is 3. The normalized spacial score (nSPS) is 29.5. The lowest BCUT2D eigenvalue weighted by Crippen LogP contribution is -2.40. The zero-order valence-corrected chi connectivity index (χ0v) is 10.8. The van der Waals surface area contributed by atoms with Crippen molar-refractivity contribution in [2.75, 3.05) is 19.6 Å². The summed E-state index contributed by atoms with van der Waals surface area (Å²) in [5.41, 5.74) is 2.56. The minimum absolute atomic E-state index is 0.737. The first-order valence-corrected chi connectivity index (χ1v) is 6.67. The molecule has 0 amide bonds. The van der Waals surface area contributed by atoms with E-state index in [4.69, 9.17) is 0 Å². The highest BCUT2D eigenvalue weighted by Gasteiger charge is 2.34. The van der Waals surface area contributed by atoms with Crippen molar-refractivity contribution in [2.24, 2.45) is 13.0 Å². The smallest absolute Gasteiger partial charge is 0.0638 e. The largest absolute Gasteiger partial charge is 0.312 e. The summed E-state index contributed by atoms with van der Waals surface area (Å²) < 4.78 is 1.92. The summed E-state index contributed by atoms with van der Waals surface area (Å²) in [5.74, 6) is 0.876. The number of fused-ring (bicyclic) bond motifs is 1. The van der Waals surface area contributed by atoms with Crippen LogP contribution in [0.15, 0.2) is 6.20 Å². The first-order chi connectivity index (χ1) is 8.22. The summed E-state index contributed by atoms with van der Waals surface area (Å²) in [6.45, 7) is 6.84. The maximum Gasteiger partial charge on any atom is 0.0638 e. The molecule has 3 heterocycles. The van der Waals surface area contributed by atoms with E-state index in [0.29, 0.717) is 0 Å². The molecule has 3 rings (SSSR count). The second-order valence-corrected chi connectivity index (χ2v) is 5.57. The van der Waals surface area contributed by atoms with Crippen LogP contribution in [0.1, 0.15) is 24.1 Å². The summed E-state index contributed by atoms with van der Waals surface area (Å²) in [5, 5.41) is 8.07. The van der Waals surface area contributed by atoms with Gasteiger partial charge in [-0.2, -0.15) is 5.10 Å². The molecule has 2 fully saturated rings. The van der Waals surface area contributed by atoms with Crippen LogP contribution >= 0.6 is 0 Å². The van der Waals surface area contributed by atoms with Gasteiger partial charge in [0.2, 0.25) is 0 Å². The highest BCUT2D eigenvalue weighted by molar-refractivity contribution is 5.15. The molecule has 0 saturated carbocycles. The fourth-order valence-electron chi connectivity index (χ4n) is 3.31. The first-order valence-electron chi connectivity index (χ1n) is 6.67. The van der Waals surface area contributed by atoms with Crippen LogP contribution in [0.5, 0.6) is 0 Å². The zero-order chi connectivity index (χ0) is 11.8. The molecular formula is C13H22N4. The number of hydrogen-bond donors (Lipinski definition) is 1. The molecule has 0 unspecified atom stereocenters. The molecule has 0 aliphatic carbocycles. The molecule has 1 N–H and O–H groups in total. The van der Waals surface area contributed by atoms with Crippen molar-refractivity contribution in [2.45, 2.75) is 32.4 Å². The maximum atomic E-state index is 4.42. The number of aryl methyl sites for hydroxylation is 2. The van der Waals surface area contributed by atoms with E-state index in [9.17, 15) is 0 Å². The van der Waals surface area contributed by atoms with Crippen LogP contribution in [0.25, 0.3) is 0 Å². The van der Waals surface area contributed by atoms with E-state index < -0.39 is 0 Å². The number of aromatic nitrogens is 2. The van der Waals surface area contributed by atoms with Gasteiger partial charge in [0.15, 0.2) is 0 Å². The third kappa shape index (κ3) is 2.24. The van der Waals surface area contributed by atoms with Crippen LogP contribution in [-0.2, 0) is 13.6 Å². The zero-order valence-electron chi connectivity index (χ0n) is 10.8. The van der Waals surface area contributed by atoms with Gasteiger partial charge in [0.25, 0.3) is 0 Å². The number of piperidine rings is 1. The topological polar surface area (TPSA) is 33.1 Å². The van der Waals surface area contributed by atoms with E-state index in [1.165, 1.54) is 43.7 Å². The van der Waals surface area contributed by atoms with Crippen molar-refractivity contribution in [3.8, 4) is 0 Å².